The molecule has 1 aliphatic rings. The van der Waals surface area contributed by atoms with Crippen LogP contribution in [0.2, 0.25) is 0 Å². The van der Waals surface area contributed by atoms with Crippen LogP contribution in [0, 0.1) is 0 Å². The van der Waals surface area contributed by atoms with Gasteiger partial charge in [0.1, 0.15) is 12.2 Å². The smallest absolute Gasteiger partial charge is 0.236 e. The molecule has 0 aliphatic heterocycles. The van der Waals surface area contributed by atoms with Gasteiger partial charge in [-0.05, 0) is 12.8 Å². The van der Waals surface area contributed by atoms with Gasteiger partial charge in [-0.1, -0.05) is 0 Å². The Hall–Kier alpha value is -1.43. The zero-order chi connectivity index (χ0) is 10.7. The predicted octanol–water partition coefficient (Wildman–Crippen LogP) is -0.485. The van der Waals surface area contributed by atoms with Crippen molar-refractivity contribution >= 4 is 5.91 Å². The molecule has 1 amide bonds. The van der Waals surface area contributed by atoms with Crippen molar-refractivity contribution in [1.82, 2.24) is 25.4 Å². The van der Waals surface area contributed by atoms with Gasteiger partial charge in [0.25, 0.3) is 0 Å². The molecule has 6 heteroatoms. The highest BCUT2D eigenvalue weighted by atomic mass is 16.2. The van der Waals surface area contributed by atoms with Crippen LogP contribution in [0.3, 0.4) is 0 Å². The van der Waals surface area contributed by atoms with Gasteiger partial charge < -0.3 is 10.2 Å². The number of aromatic nitrogens is 3. The Morgan fingerprint density at radius 1 is 1.73 bits per heavy atom. The first-order valence-corrected chi connectivity index (χ1v) is 5.07. The number of nitrogens with one attached hydrogen (secondary N) is 2. The summed E-state index contributed by atoms with van der Waals surface area (Å²) < 4.78 is 0. The van der Waals surface area contributed by atoms with E-state index in [1.807, 2.05) is 0 Å². The maximum absolute atomic E-state index is 11.6. The van der Waals surface area contributed by atoms with Crippen LogP contribution in [-0.4, -0.2) is 45.6 Å². The van der Waals surface area contributed by atoms with E-state index in [4.69, 9.17) is 0 Å². The van der Waals surface area contributed by atoms with Crippen LogP contribution in [0.25, 0.3) is 0 Å². The molecule has 2 rings (SSSR count). The number of hydrogen-bond acceptors (Lipinski definition) is 4. The minimum absolute atomic E-state index is 0.0818. The lowest BCUT2D eigenvalue weighted by molar-refractivity contribution is -0.129. The van der Waals surface area contributed by atoms with Gasteiger partial charge in [0.05, 0.1) is 13.1 Å². The summed E-state index contributed by atoms with van der Waals surface area (Å²) in [5.74, 6) is 0.788. The zero-order valence-corrected chi connectivity index (χ0v) is 8.73. The van der Waals surface area contributed by atoms with Crippen LogP contribution in [0.4, 0.5) is 0 Å². The van der Waals surface area contributed by atoms with Gasteiger partial charge in [0, 0.05) is 13.1 Å². The fourth-order valence-corrected chi connectivity index (χ4v) is 1.27. The van der Waals surface area contributed by atoms with E-state index in [2.05, 4.69) is 20.5 Å². The molecule has 0 atom stereocenters. The second-order valence-corrected chi connectivity index (χ2v) is 3.84. The Kier molecular flexibility index (Phi) is 2.96. The fraction of sp³-hybridized carbons (Fsp3) is 0.667. The summed E-state index contributed by atoms with van der Waals surface area (Å²) in [5.41, 5.74) is 0. The number of likely N-dealkylation sites (N-methyl/N-ethyl adjacent to an activating group) is 1. The first-order chi connectivity index (χ1) is 7.25. The first-order valence-electron chi connectivity index (χ1n) is 5.07. The number of nitrogens with zero attached hydrogens (tertiary/aromatic N) is 3. The van der Waals surface area contributed by atoms with E-state index in [0.29, 0.717) is 25.0 Å². The van der Waals surface area contributed by atoms with Crippen LogP contribution in [0.15, 0.2) is 6.33 Å². The van der Waals surface area contributed by atoms with E-state index in [0.717, 1.165) is 0 Å². The average Bonchev–Trinajstić information content (AvgIpc) is 2.92. The highest BCUT2D eigenvalue weighted by molar-refractivity contribution is 5.77. The number of H-pyrrole nitrogens is 1. The molecular formula is C9H15N5O. The number of rotatable bonds is 5. The molecule has 1 aromatic heterocycles. The molecule has 1 heterocycles. The van der Waals surface area contributed by atoms with E-state index in [1.165, 1.54) is 19.2 Å². The Bertz CT molecular complexity index is 319. The van der Waals surface area contributed by atoms with Crippen LogP contribution < -0.4 is 5.32 Å². The molecule has 1 aliphatic carbocycles. The minimum Gasteiger partial charge on any atom is -0.337 e. The molecule has 15 heavy (non-hydrogen) atoms. The van der Waals surface area contributed by atoms with Crippen molar-refractivity contribution in [3.05, 3.63) is 12.2 Å². The van der Waals surface area contributed by atoms with E-state index >= 15 is 0 Å². The summed E-state index contributed by atoms with van der Waals surface area (Å²) in [5, 5.41) is 9.63. The Morgan fingerprint density at radius 2 is 2.53 bits per heavy atom. The predicted molar refractivity (Wildman–Crippen MR) is 53.9 cm³/mol. The highest BCUT2D eigenvalue weighted by Gasteiger charge is 2.22. The fourth-order valence-electron chi connectivity index (χ4n) is 1.27. The molecule has 1 aromatic rings. The van der Waals surface area contributed by atoms with E-state index in [1.54, 1.807) is 11.9 Å². The van der Waals surface area contributed by atoms with Gasteiger partial charge in [0.2, 0.25) is 5.91 Å². The van der Waals surface area contributed by atoms with E-state index in [-0.39, 0.29) is 5.91 Å². The summed E-state index contributed by atoms with van der Waals surface area (Å²) in [4.78, 5) is 17.2. The monoisotopic (exact) mass is 209 g/mol. The number of carbonyl (C=O) groups excluding carboxylic acids is 1. The molecule has 1 saturated carbocycles. The number of carbonyl (C=O) groups is 1. The van der Waals surface area contributed by atoms with Crippen molar-refractivity contribution in [2.45, 2.75) is 25.4 Å². The largest absolute Gasteiger partial charge is 0.337 e. The van der Waals surface area contributed by atoms with Crippen LogP contribution in [-0.2, 0) is 11.3 Å². The second-order valence-electron chi connectivity index (χ2n) is 3.84. The van der Waals surface area contributed by atoms with Crippen molar-refractivity contribution in [3.63, 3.8) is 0 Å². The van der Waals surface area contributed by atoms with Crippen LogP contribution in [0.1, 0.15) is 18.7 Å². The molecule has 1 fully saturated rings. The van der Waals surface area contributed by atoms with E-state index in [9.17, 15) is 4.79 Å². The Labute approximate surface area is 88.1 Å². The molecule has 0 spiro atoms. The van der Waals surface area contributed by atoms with Gasteiger partial charge in [-0.3, -0.25) is 9.89 Å². The lowest BCUT2D eigenvalue weighted by Crippen LogP contribution is -2.36. The molecule has 0 bridgehead atoms. The maximum atomic E-state index is 11.6. The molecule has 0 radical (unpaired) electrons. The molecule has 2 N–H and O–H groups in total. The van der Waals surface area contributed by atoms with Crippen LogP contribution in [0.5, 0.6) is 0 Å². The van der Waals surface area contributed by atoms with E-state index < -0.39 is 0 Å². The molecule has 0 aromatic carbocycles. The molecule has 82 valence electrons. The van der Waals surface area contributed by atoms with Crippen molar-refractivity contribution in [3.8, 4) is 0 Å². The summed E-state index contributed by atoms with van der Waals surface area (Å²) >= 11 is 0. The number of amides is 1. The van der Waals surface area contributed by atoms with Crippen molar-refractivity contribution in [2.75, 3.05) is 13.6 Å². The highest BCUT2D eigenvalue weighted by Crippen LogP contribution is 2.18. The lowest BCUT2D eigenvalue weighted by atomic mass is 10.4. The first kappa shape index (κ1) is 10.1. The zero-order valence-electron chi connectivity index (χ0n) is 8.73. The third-order valence-corrected chi connectivity index (χ3v) is 2.40. The summed E-state index contributed by atoms with van der Waals surface area (Å²) in [7, 11) is 1.76. The normalized spacial score (nSPS) is 15.3. The Morgan fingerprint density at radius 3 is 3.13 bits per heavy atom. The van der Waals surface area contributed by atoms with Crippen molar-refractivity contribution in [2.24, 2.45) is 0 Å². The third kappa shape index (κ3) is 3.02. The lowest BCUT2D eigenvalue weighted by Gasteiger charge is -2.15. The van der Waals surface area contributed by atoms with Crippen molar-refractivity contribution < 1.29 is 4.79 Å². The molecule has 0 saturated heterocycles. The Balaban J connectivity index is 1.73. The van der Waals surface area contributed by atoms with Crippen LogP contribution >= 0.6 is 0 Å². The average molecular weight is 209 g/mol. The molecule has 0 unspecified atom stereocenters. The maximum Gasteiger partial charge on any atom is 0.236 e. The molecule has 6 nitrogen and oxygen atoms in total. The second kappa shape index (κ2) is 4.39. The topological polar surface area (TPSA) is 73.9 Å². The van der Waals surface area contributed by atoms with Gasteiger partial charge in [-0.15, -0.1) is 0 Å². The van der Waals surface area contributed by atoms with Gasteiger partial charge in [0.15, 0.2) is 0 Å². The van der Waals surface area contributed by atoms with Gasteiger partial charge in [-0.2, -0.15) is 5.10 Å². The summed E-state index contributed by atoms with van der Waals surface area (Å²) in [6, 6.07) is 0.563. The van der Waals surface area contributed by atoms with Gasteiger partial charge in [-0.25, -0.2) is 4.98 Å². The van der Waals surface area contributed by atoms with Crippen molar-refractivity contribution in [1.29, 1.82) is 0 Å². The van der Waals surface area contributed by atoms with Gasteiger partial charge >= 0.3 is 0 Å². The number of aromatic amines is 1. The summed E-state index contributed by atoms with van der Waals surface area (Å²) in [6.07, 6.45) is 3.83. The third-order valence-electron chi connectivity index (χ3n) is 2.40. The minimum atomic E-state index is 0.0818. The molecular weight excluding hydrogens is 194 g/mol. The SMILES string of the molecule is CN(Cc1ncn[nH]1)C(=O)CNC1CC1. The standard InChI is InChI=1S/C9H15N5O/c1-14(5-8-11-6-12-13-8)9(15)4-10-7-2-3-7/h6-7,10H,2-5H2,1H3,(H,11,12,13). The quantitative estimate of drug-likeness (QED) is 0.686. The summed E-state index contributed by atoms with van der Waals surface area (Å²) in [6.45, 7) is 0.889. The number of hydrogen-bond donors (Lipinski definition) is 2.